The number of carboxylic acids is 1. The molecule has 7 heteroatoms. The van der Waals surface area contributed by atoms with Crippen molar-refractivity contribution in [3.63, 3.8) is 0 Å². The Morgan fingerprint density at radius 2 is 2.00 bits per heavy atom. The second-order valence-electron chi connectivity index (χ2n) is 4.43. The van der Waals surface area contributed by atoms with Crippen LogP contribution < -0.4 is 4.72 Å². The Labute approximate surface area is 127 Å². The molecule has 0 atom stereocenters. The van der Waals surface area contributed by atoms with E-state index in [0.29, 0.717) is 5.69 Å². The Kier molecular flexibility index (Phi) is 4.64. The van der Waals surface area contributed by atoms with Crippen LogP contribution in [0, 0.1) is 0 Å². The van der Waals surface area contributed by atoms with Crippen molar-refractivity contribution in [1.82, 2.24) is 0 Å². The van der Waals surface area contributed by atoms with Crippen molar-refractivity contribution in [3.05, 3.63) is 46.2 Å². The molecule has 0 amide bonds. The molecule has 1 heterocycles. The SMILES string of the molecule is CCCc1ccccc1NS(=O)(=O)c1ccsc1C(=O)O. The van der Waals surface area contributed by atoms with E-state index < -0.39 is 16.0 Å². The van der Waals surface area contributed by atoms with Gasteiger partial charge in [0.15, 0.2) is 0 Å². The maximum Gasteiger partial charge on any atom is 0.347 e. The first kappa shape index (κ1) is 15.5. The smallest absolute Gasteiger partial charge is 0.347 e. The number of sulfonamides is 1. The average Bonchev–Trinajstić information content (AvgIpc) is 2.91. The Balaban J connectivity index is 2.38. The first-order chi connectivity index (χ1) is 9.95. The fraction of sp³-hybridized carbons (Fsp3) is 0.214. The molecule has 0 aliphatic carbocycles. The number of carboxylic acid groups (broad SMARTS) is 1. The van der Waals surface area contributed by atoms with Gasteiger partial charge in [-0.1, -0.05) is 31.5 Å². The lowest BCUT2D eigenvalue weighted by atomic mass is 10.1. The highest BCUT2D eigenvalue weighted by atomic mass is 32.2. The number of aryl methyl sites for hydroxylation is 1. The highest BCUT2D eigenvalue weighted by Gasteiger charge is 2.24. The van der Waals surface area contributed by atoms with Gasteiger partial charge < -0.3 is 5.11 Å². The summed E-state index contributed by atoms with van der Waals surface area (Å²) in [5, 5.41) is 10.5. The van der Waals surface area contributed by atoms with Crippen molar-refractivity contribution in [2.75, 3.05) is 4.72 Å². The third-order valence-electron chi connectivity index (χ3n) is 2.89. The highest BCUT2D eigenvalue weighted by molar-refractivity contribution is 7.93. The monoisotopic (exact) mass is 325 g/mol. The van der Waals surface area contributed by atoms with Crippen LogP contribution in [-0.4, -0.2) is 19.5 Å². The molecule has 2 aromatic rings. The highest BCUT2D eigenvalue weighted by Crippen LogP contribution is 2.26. The van der Waals surface area contributed by atoms with E-state index in [-0.39, 0.29) is 9.77 Å². The summed E-state index contributed by atoms with van der Waals surface area (Å²) in [5.74, 6) is -1.24. The molecule has 21 heavy (non-hydrogen) atoms. The van der Waals surface area contributed by atoms with Crippen LogP contribution in [0.4, 0.5) is 5.69 Å². The second kappa shape index (κ2) is 6.28. The van der Waals surface area contributed by atoms with Crippen LogP contribution >= 0.6 is 11.3 Å². The standard InChI is InChI=1S/C14H15NO4S2/c1-2-5-10-6-3-4-7-11(10)15-21(18,19)12-8-9-20-13(12)14(16)17/h3-4,6-9,15H,2,5H2,1H3,(H,16,17). The molecule has 2 N–H and O–H groups in total. The molecular weight excluding hydrogens is 310 g/mol. The number of nitrogens with one attached hydrogen (secondary N) is 1. The zero-order valence-corrected chi connectivity index (χ0v) is 13.0. The Morgan fingerprint density at radius 1 is 1.29 bits per heavy atom. The number of hydrogen-bond acceptors (Lipinski definition) is 4. The van der Waals surface area contributed by atoms with Gasteiger partial charge in [-0.15, -0.1) is 11.3 Å². The fourth-order valence-electron chi connectivity index (χ4n) is 1.97. The normalized spacial score (nSPS) is 11.3. The van der Waals surface area contributed by atoms with Crippen molar-refractivity contribution in [2.24, 2.45) is 0 Å². The quantitative estimate of drug-likeness (QED) is 0.854. The van der Waals surface area contributed by atoms with E-state index in [2.05, 4.69) is 4.72 Å². The lowest BCUT2D eigenvalue weighted by molar-refractivity contribution is 0.0698. The van der Waals surface area contributed by atoms with Gasteiger partial charge in [0.1, 0.15) is 9.77 Å². The van der Waals surface area contributed by atoms with Crippen molar-refractivity contribution < 1.29 is 18.3 Å². The molecule has 5 nitrogen and oxygen atoms in total. The number of anilines is 1. The lowest BCUT2D eigenvalue weighted by Crippen LogP contribution is -2.16. The van der Waals surface area contributed by atoms with Crippen LogP contribution in [0.3, 0.4) is 0 Å². The van der Waals surface area contributed by atoms with E-state index in [0.717, 1.165) is 29.7 Å². The summed E-state index contributed by atoms with van der Waals surface area (Å²) in [6.07, 6.45) is 1.63. The molecule has 0 unspecified atom stereocenters. The van der Waals surface area contributed by atoms with Gasteiger partial charge in [-0.25, -0.2) is 13.2 Å². The van der Waals surface area contributed by atoms with E-state index in [1.165, 1.54) is 11.4 Å². The molecule has 1 aromatic carbocycles. The van der Waals surface area contributed by atoms with Crippen LogP contribution in [-0.2, 0) is 16.4 Å². The van der Waals surface area contributed by atoms with Crippen molar-refractivity contribution >= 4 is 33.0 Å². The lowest BCUT2D eigenvalue weighted by Gasteiger charge is -2.11. The van der Waals surface area contributed by atoms with Crippen LogP contribution in [0.2, 0.25) is 0 Å². The molecule has 0 radical (unpaired) electrons. The van der Waals surface area contributed by atoms with Gasteiger partial charge in [0.25, 0.3) is 10.0 Å². The van der Waals surface area contributed by atoms with Gasteiger partial charge in [0.05, 0.1) is 5.69 Å². The zero-order chi connectivity index (χ0) is 15.5. The van der Waals surface area contributed by atoms with Gasteiger partial charge in [0.2, 0.25) is 0 Å². The molecule has 0 bridgehead atoms. The zero-order valence-electron chi connectivity index (χ0n) is 11.4. The van der Waals surface area contributed by atoms with Gasteiger partial charge in [-0.05, 0) is 29.5 Å². The Bertz CT molecular complexity index is 750. The summed E-state index contributed by atoms with van der Waals surface area (Å²) in [7, 11) is -3.91. The summed E-state index contributed by atoms with van der Waals surface area (Å²) in [4.78, 5) is 10.7. The second-order valence-corrected chi connectivity index (χ2v) is 7.00. The number of thiophene rings is 1. The van der Waals surface area contributed by atoms with Crippen LogP contribution in [0.15, 0.2) is 40.6 Å². The van der Waals surface area contributed by atoms with Gasteiger partial charge >= 0.3 is 5.97 Å². The largest absolute Gasteiger partial charge is 0.477 e. The summed E-state index contributed by atoms with van der Waals surface area (Å²) >= 11 is 0.891. The topological polar surface area (TPSA) is 83.5 Å². The maximum absolute atomic E-state index is 12.4. The summed E-state index contributed by atoms with van der Waals surface area (Å²) < 4.78 is 27.2. The summed E-state index contributed by atoms with van der Waals surface area (Å²) in [6, 6.07) is 8.42. The number of aromatic carboxylic acids is 1. The van der Waals surface area contributed by atoms with Crippen molar-refractivity contribution in [1.29, 1.82) is 0 Å². The molecule has 0 spiro atoms. The van der Waals surface area contributed by atoms with Gasteiger partial charge in [0, 0.05) is 0 Å². The number of benzene rings is 1. The molecule has 2 rings (SSSR count). The van der Waals surface area contributed by atoms with E-state index in [4.69, 9.17) is 5.11 Å². The Hall–Kier alpha value is -1.86. The molecule has 0 saturated carbocycles. The minimum absolute atomic E-state index is 0.185. The molecule has 112 valence electrons. The molecule has 0 aliphatic heterocycles. The third kappa shape index (κ3) is 3.43. The van der Waals surface area contributed by atoms with Crippen LogP contribution in [0.1, 0.15) is 28.6 Å². The number of hydrogen-bond donors (Lipinski definition) is 2. The van der Waals surface area contributed by atoms with Crippen molar-refractivity contribution in [2.45, 2.75) is 24.7 Å². The number of para-hydroxylation sites is 1. The Morgan fingerprint density at radius 3 is 2.67 bits per heavy atom. The average molecular weight is 325 g/mol. The predicted octanol–water partition coefficient (Wildman–Crippen LogP) is 3.20. The summed E-state index contributed by atoms with van der Waals surface area (Å²) in [5.41, 5.74) is 1.37. The van der Waals surface area contributed by atoms with E-state index >= 15 is 0 Å². The van der Waals surface area contributed by atoms with E-state index in [9.17, 15) is 13.2 Å². The van der Waals surface area contributed by atoms with E-state index in [1.54, 1.807) is 12.1 Å². The molecule has 0 aliphatic rings. The van der Waals surface area contributed by atoms with Gasteiger partial charge in [-0.2, -0.15) is 0 Å². The predicted molar refractivity (Wildman–Crippen MR) is 82.5 cm³/mol. The fourth-order valence-corrected chi connectivity index (χ4v) is 4.33. The molecule has 0 fully saturated rings. The van der Waals surface area contributed by atoms with E-state index in [1.807, 2.05) is 19.1 Å². The summed E-state index contributed by atoms with van der Waals surface area (Å²) in [6.45, 7) is 2.01. The minimum atomic E-state index is -3.91. The molecular formula is C14H15NO4S2. The maximum atomic E-state index is 12.4. The van der Waals surface area contributed by atoms with Crippen LogP contribution in [0.5, 0.6) is 0 Å². The van der Waals surface area contributed by atoms with Crippen molar-refractivity contribution in [3.8, 4) is 0 Å². The first-order valence-corrected chi connectivity index (χ1v) is 8.73. The number of rotatable bonds is 6. The number of carbonyl (C=O) groups is 1. The van der Waals surface area contributed by atoms with Gasteiger partial charge in [-0.3, -0.25) is 4.72 Å². The third-order valence-corrected chi connectivity index (χ3v) is 5.33. The molecule has 1 aromatic heterocycles. The first-order valence-electron chi connectivity index (χ1n) is 6.37. The molecule has 0 saturated heterocycles. The minimum Gasteiger partial charge on any atom is -0.477 e. The van der Waals surface area contributed by atoms with Crippen LogP contribution in [0.25, 0.3) is 0 Å².